The van der Waals surface area contributed by atoms with E-state index < -0.39 is 38.4 Å². The van der Waals surface area contributed by atoms with Crippen molar-refractivity contribution in [2.75, 3.05) is 0 Å². The van der Waals surface area contributed by atoms with Gasteiger partial charge in [-0.2, -0.15) is 0 Å². The van der Waals surface area contributed by atoms with E-state index >= 15 is 0 Å². The zero-order valence-electron chi connectivity index (χ0n) is 19.2. The zero-order valence-corrected chi connectivity index (χ0v) is 23.6. The first kappa shape index (κ1) is 22.6. The van der Waals surface area contributed by atoms with Crippen LogP contribution in [0.25, 0.3) is 0 Å². The van der Waals surface area contributed by atoms with Gasteiger partial charge in [0.2, 0.25) is 0 Å². The van der Waals surface area contributed by atoms with Gasteiger partial charge in [-0.1, -0.05) is 0 Å². The van der Waals surface area contributed by atoms with Crippen LogP contribution in [0.5, 0.6) is 0 Å². The Balaban J connectivity index is 2.05. The maximum atomic E-state index is 2.59. The standard InChI is InChI=1S/2C14H16Si.Zr/c2*1-15(2,14-10-6-7-11-14)12-13-8-4-3-5-9-13;/h2*3-6,8-11H,7H2,1-2H3;. The van der Waals surface area contributed by atoms with E-state index in [1.807, 2.05) is 5.66 Å². The summed E-state index contributed by atoms with van der Waals surface area (Å²) in [4.78, 5) is 0. The van der Waals surface area contributed by atoms with E-state index in [1.165, 1.54) is 11.1 Å². The van der Waals surface area contributed by atoms with E-state index in [-0.39, 0.29) is 0 Å². The molecule has 0 N–H and O–H groups in total. The topological polar surface area (TPSA) is 0 Å². The summed E-state index contributed by atoms with van der Waals surface area (Å²) in [6.45, 7) is 10.3. The van der Waals surface area contributed by atoms with Gasteiger partial charge in [-0.25, -0.2) is 0 Å². The molecule has 4 rings (SSSR count). The number of rotatable bonds is 6. The van der Waals surface area contributed by atoms with Crippen LogP contribution in [0.4, 0.5) is 0 Å². The summed E-state index contributed by atoms with van der Waals surface area (Å²) >= 11 is -1.01. The fourth-order valence-electron chi connectivity index (χ4n) is 4.64. The molecule has 2 aromatic rings. The van der Waals surface area contributed by atoms with Crippen LogP contribution in [-0.2, 0) is 22.3 Å². The van der Waals surface area contributed by atoms with Crippen molar-refractivity contribution in [3.05, 3.63) is 119 Å². The van der Waals surface area contributed by atoms with E-state index in [9.17, 15) is 0 Å². The molecule has 0 spiro atoms. The van der Waals surface area contributed by atoms with E-state index in [0.717, 1.165) is 12.8 Å². The molecule has 2 aliphatic rings. The van der Waals surface area contributed by atoms with Gasteiger partial charge in [0.25, 0.3) is 0 Å². The van der Waals surface area contributed by atoms with Crippen molar-refractivity contribution in [3.63, 3.8) is 0 Å². The molecule has 0 aliphatic heterocycles. The SMILES string of the molecule is C[Si](C)(C1=CCC=C1)[C](=[Zr]=[C](c1ccccc1)[Si](C)(C)C1=CCC=C1)c1ccccc1. The summed E-state index contributed by atoms with van der Waals surface area (Å²) < 4.78 is 3.66. The average molecular weight is 516 g/mol. The van der Waals surface area contributed by atoms with Crippen molar-refractivity contribution in [2.24, 2.45) is 0 Å². The Morgan fingerprint density at radius 2 is 1.00 bits per heavy atom. The van der Waals surface area contributed by atoms with Crippen LogP contribution >= 0.6 is 0 Å². The van der Waals surface area contributed by atoms with Gasteiger partial charge in [0.05, 0.1) is 0 Å². The van der Waals surface area contributed by atoms with Crippen molar-refractivity contribution in [2.45, 2.75) is 39.0 Å². The Morgan fingerprint density at radius 3 is 1.32 bits per heavy atom. The Bertz CT molecular complexity index is 1050. The summed E-state index contributed by atoms with van der Waals surface area (Å²) in [6, 6.07) is 22.7. The van der Waals surface area contributed by atoms with Crippen LogP contribution in [0, 0.1) is 0 Å². The van der Waals surface area contributed by atoms with Gasteiger partial charge in [-0.05, 0) is 0 Å². The molecule has 3 heteroatoms. The third kappa shape index (κ3) is 4.79. The van der Waals surface area contributed by atoms with Crippen LogP contribution in [-0.4, -0.2) is 21.8 Å². The Morgan fingerprint density at radius 1 is 0.613 bits per heavy atom. The molecule has 0 amide bonds. The Kier molecular flexibility index (Phi) is 6.96. The molecular formula is C28H32Si2Zr. The van der Waals surface area contributed by atoms with Gasteiger partial charge in [-0.15, -0.1) is 0 Å². The summed E-state index contributed by atoms with van der Waals surface area (Å²) in [6.07, 6.45) is 16.7. The average Bonchev–Trinajstić information content (AvgIpc) is 3.50. The van der Waals surface area contributed by atoms with Gasteiger partial charge in [0.15, 0.2) is 0 Å². The number of hydrogen-bond acceptors (Lipinski definition) is 0. The van der Waals surface area contributed by atoms with Crippen LogP contribution in [0.2, 0.25) is 26.2 Å². The molecule has 0 fully saturated rings. The molecule has 2 aromatic carbocycles. The minimum atomic E-state index is -1.72. The minimum absolute atomic E-state index is 1.01. The van der Waals surface area contributed by atoms with Crippen LogP contribution in [0.3, 0.4) is 0 Å². The zero-order chi connectivity index (χ0) is 21.9. The quantitative estimate of drug-likeness (QED) is 0.369. The molecule has 0 bridgehead atoms. The molecule has 31 heavy (non-hydrogen) atoms. The summed E-state index contributed by atoms with van der Waals surface area (Å²) in [7, 11) is -3.45. The van der Waals surface area contributed by atoms with Crippen molar-refractivity contribution in [1.82, 2.24) is 0 Å². The van der Waals surface area contributed by atoms with Crippen molar-refractivity contribution >= 4 is 21.8 Å². The van der Waals surface area contributed by atoms with E-state index in [4.69, 9.17) is 0 Å². The van der Waals surface area contributed by atoms with E-state index in [2.05, 4.69) is 123 Å². The molecular weight excluding hydrogens is 484 g/mol. The number of allylic oxidation sites excluding steroid dienone is 8. The normalized spacial score (nSPS) is 15.5. The molecule has 0 aromatic heterocycles. The summed E-state index contributed by atoms with van der Waals surface area (Å²) in [5, 5.41) is 3.25. The summed E-state index contributed by atoms with van der Waals surface area (Å²) in [5.74, 6) is 0. The van der Waals surface area contributed by atoms with Gasteiger partial charge < -0.3 is 0 Å². The first-order valence-corrected chi connectivity index (χ1v) is 19.7. The Labute approximate surface area is 200 Å². The molecule has 0 saturated carbocycles. The van der Waals surface area contributed by atoms with E-state index in [0.29, 0.717) is 0 Å². The first-order valence-electron chi connectivity index (χ1n) is 11.3. The van der Waals surface area contributed by atoms with Gasteiger partial charge in [0.1, 0.15) is 0 Å². The number of benzene rings is 2. The van der Waals surface area contributed by atoms with Gasteiger partial charge >= 0.3 is 202 Å². The van der Waals surface area contributed by atoms with Crippen LogP contribution in [0.15, 0.2) is 108 Å². The van der Waals surface area contributed by atoms with Crippen molar-refractivity contribution in [1.29, 1.82) is 0 Å². The molecule has 156 valence electrons. The fraction of sp³-hybridized carbons (Fsp3) is 0.214. The third-order valence-electron chi connectivity index (χ3n) is 6.61. The van der Waals surface area contributed by atoms with Crippen molar-refractivity contribution in [3.8, 4) is 0 Å². The molecule has 2 aliphatic carbocycles. The number of hydrogen-bond donors (Lipinski definition) is 0. The predicted molar refractivity (Wildman–Crippen MR) is 140 cm³/mol. The van der Waals surface area contributed by atoms with Crippen LogP contribution < -0.4 is 0 Å². The summed E-state index contributed by atoms with van der Waals surface area (Å²) in [5.41, 5.74) is 3.00. The second-order valence-electron chi connectivity index (χ2n) is 9.45. The predicted octanol–water partition coefficient (Wildman–Crippen LogP) is 6.86. The molecule has 0 unspecified atom stereocenters. The Hall–Kier alpha value is -1.54. The molecule has 0 atom stereocenters. The van der Waals surface area contributed by atoms with Crippen LogP contribution in [0.1, 0.15) is 24.0 Å². The molecule has 0 radical (unpaired) electrons. The van der Waals surface area contributed by atoms with Gasteiger partial charge in [0, 0.05) is 0 Å². The van der Waals surface area contributed by atoms with E-state index in [1.54, 1.807) is 10.4 Å². The molecule has 0 heterocycles. The second-order valence-corrected chi connectivity index (χ2v) is 23.6. The monoisotopic (exact) mass is 514 g/mol. The maximum absolute atomic E-state index is 2.59. The fourth-order valence-corrected chi connectivity index (χ4v) is 21.0. The molecule has 0 saturated heterocycles. The van der Waals surface area contributed by atoms with Crippen molar-refractivity contribution < 1.29 is 22.3 Å². The molecule has 0 nitrogen and oxygen atoms in total. The first-order chi connectivity index (χ1) is 14.9. The third-order valence-corrected chi connectivity index (χ3v) is 26.7. The van der Waals surface area contributed by atoms with Gasteiger partial charge in [-0.3, -0.25) is 0 Å². The second kappa shape index (κ2) is 9.53.